The molecule has 0 saturated carbocycles. The van der Waals surface area contributed by atoms with Crippen molar-refractivity contribution < 1.29 is 9.63 Å². The first kappa shape index (κ1) is 7.40. The third-order valence-corrected chi connectivity index (χ3v) is 0.532. The standard InChI is InChI=1S/C3H7N2O2P/c1-2(4)3(6)7-5-8/h5H,1,4,8H2. The summed E-state index contributed by atoms with van der Waals surface area (Å²) in [6.07, 6.45) is 0. The number of nitrogens with two attached hydrogens (primary N) is 1. The number of hydrogen-bond acceptors (Lipinski definition) is 4. The molecular formula is C3H7N2O2P. The number of carbonyl (C=O) groups excluding carboxylic acids is 1. The number of hydrogen-bond donors (Lipinski definition) is 2. The lowest BCUT2D eigenvalue weighted by molar-refractivity contribution is -0.142. The number of rotatable bonds is 2. The Hall–Kier alpha value is -0.600. The average molecular weight is 134 g/mol. The molecule has 0 heterocycles. The first-order valence-corrected chi connectivity index (χ1v) is 2.37. The van der Waals surface area contributed by atoms with Gasteiger partial charge in [-0.1, -0.05) is 6.58 Å². The number of nitrogens with one attached hydrogen (secondary N) is 1. The van der Waals surface area contributed by atoms with Crippen molar-refractivity contribution >= 4 is 15.4 Å². The molecule has 8 heavy (non-hydrogen) atoms. The Bertz CT molecular complexity index is 114. The SMILES string of the molecule is C=C(N)C(=O)ONP. The molecule has 0 aromatic carbocycles. The molecule has 0 aliphatic heterocycles. The molecule has 0 aromatic heterocycles. The van der Waals surface area contributed by atoms with E-state index in [1.165, 1.54) is 0 Å². The summed E-state index contributed by atoms with van der Waals surface area (Å²) in [5.74, 6) is -0.667. The van der Waals surface area contributed by atoms with Gasteiger partial charge in [-0.15, -0.1) is 5.25 Å². The van der Waals surface area contributed by atoms with Crippen LogP contribution in [0.4, 0.5) is 0 Å². The summed E-state index contributed by atoms with van der Waals surface area (Å²) in [5, 5.41) is 2.08. The molecule has 0 amide bonds. The summed E-state index contributed by atoms with van der Waals surface area (Å²) in [4.78, 5) is 14.4. The van der Waals surface area contributed by atoms with Gasteiger partial charge in [0, 0.05) is 0 Å². The van der Waals surface area contributed by atoms with Gasteiger partial charge < -0.3 is 10.6 Å². The molecule has 0 fully saturated rings. The maximum atomic E-state index is 10.2. The molecule has 3 N–H and O–H groups in total. The fraction of sp³-hybridized carbons (Fsp3) is 0. The lowest BCUT2D eigenvalue weighted by atomic mass is 10.5. The zero-order chi connectivity index (χ0) is 6.57. The van der Waals surface area contributed by atoms with Gasteiger partial charge in [0.05, 0.1) is 0 Å². The van der Waals surface area contributed by atoms with Crippen LogP contribution in [-0.4, -0.2) is 5.97 Å². The Morgan fingerprint density at radius 3 is 2.50 bits per heavy atom. The minimum absolute atomic E-state index is 0.125. The van der Waals surface area contributed by atoms with Crippen LogP contribution in [0.25, 0.3) is 0 Å². The van der Waals surface area contributed by atoms with E-state index in [-0.39, 0.29) is 5.70 Å². The quantitative estimate of drug-likeness (QED) is 0.297. The van der Waals surface area contributed by atoms with Gasteiger partial charge in [-0.05, 0) is 9.39 Å². The minimum Gasteiger partial charge on any atom is -0.393 e. The molecule has 4 nitrogen and oxygen atoms in total. The molecular weight excluding hydrogens is 127 g/mol. The van der Waals surface area contributed by atoms with E-state index in [2.05, 4.69) is 16.7 Å². The second-order valence-corrected chi connectivity index (χ2v) is 1.27. The zero-order valence-electron chi connectivity index (χ0n) is 4.18. The highest BCUT2D eigenvalue weighted by Gasteiger charge is 1.99. The molecule has 0 saturated heterocycles. The van der Waals surface area contributed by atoms with Gasteiger partial charge in [0.25, 0.3) is 0 Å². The Balaban J connectivity index is 3.49. The third kappa shape index (κ3) is 2.55. The van der Waals surface area contributed by atoms with E-state index in [9.17, 15) is 4.79 Å². The smallest absolute Gasteiger partial charge is 0.372 e. The van der Waals surface area contributed by atoms with E-state index in [1.54, 1.807) is 0 Å². The zero-order valence-corrected chi connectivity index (χ0v) is 5.33. The van der Waals surface area contributed by atoms with E-state index in [0.717, 1.165) is 0 Å². The minimum atomic E-state index is -0.667. The maximum absolute atomic E-state index is 10.2. The Labute approximate surface area is 49.3 Å². The summed E-state index contributed by atoms with van der Waals surface area (Å²) in [7, 11) is 1.98. The molecule has 0 radical (unpaired) electrons. The van der Waals surface area contributed by atoms with Crippen LogP contribution >= 0.6 is 9.39 Å². The van der Waals surface area contributed by atoms with Crippen LogP contribution in [0.5, 0.6) is 0 Å². The van der Waals surface area contributed by atoms with Gasteiger partial charge in [0.2, 0.25) is 0 Å². The van der Waals surface area contributed by atoms with Crippen LogP contribution in [0, 0.1) is 0 Å². The van der Waals surface area contributed by atoms with Crippen LogP contribution in [0.2, 0.25) is 0 Å². The number of carbonyl (C=O) groups is 1. The van der Waals surface area contributed by atoms with Crippen molar-refractivity contribution in [3.05, 3.63) is 12.3 Å². The van der Waals surface area contributed by atoms with Crippen LogP contribution in [0.15, 0.2) is 12.3 Å². The molecule has 0 aliphatic carbocycles. The highest BCUT2D eigenvalue weighted by molar-refractivity contribution is 7.13. The van der Waals surface area contributed by atoms with Crippen molar-refractivity contribution in [1.82, 2.24) is 5.25 Å². The second kappa shape index (κ2) is 3.41. The fourth-order valence-electron chi connectivity index (χ4n) is 0.119. The maximum Gasteiger partial charge on any atom is 0.372 e. The van der Waals surface area contributed by atoms with E-state index < -0.39 is 5.97 Å². The van der Waals surface area contributed by atoms with E-state index in [1.807, 2.05) is 9.39 Å². The summed E-state index contributed by atoms with van der Waals surface area (Å²) in [6, 6.07) is 0. The molecule has 5 heteroatoms. The van der Waals surface area contributed by atoms with Crippen molar-refractivity contribution in [2.75, 3.05) is 0 Å². The molecule has 0 rings (SSSR count). The molecule has 0 aliphatic rings. The Morgan fingerprint density at radius 2 is 2.38 bits per heavy atom. The van der Waals surface area contributed by atoms with Crippen molar-refractivity contribution in [2.24, 2.45) is 5.73 Å². The predicted octanol–water partition coefficient (Wildman–Crippen LogP) is -0.703. The lowest BCUT2D eigenvalue weighted by Crippen LogP contribution is -2.16. The molecule has 0 spiro atoms. The molecule has 1 atom stereocenters. The normalized spacial score (nSPS) is 8.12. The monoisotopic (exact) mass is 134 g/mol. The van der Waals surface area contributed by atoms with Crippen molar-refractivity contribution in [3.63, 3.8) is 0 Å². The third-order valence-electron chi connectivity index (χ3n) is 0.414. The summed E-state index contributed by atoms with van der Waals surface area (Å²) >= 11 is 0. The molecule has 46 valence electrons. The topological polar surface area (TPSA) is 64.4 Å². The predicted molar refractivity (Wildman–Crippen MR) is 32.3 cm³/mol. The van der Waals surface area contributed by atoms with Gasteiger partial charge in [-0.3, -0.25) is 0 Å². The van der Waals surface area contributed by atoms with Gasteiger partial charge in [-0.2, -0.15) is 0 Å². The summed E-state index contributed by atoms with van der Waals surface area (Å²) in [6.45, 7) is 3.13. The largest absolute Gasteiger partial charge is 0.393 e. The Kier molecular flexibility index (Phi) is 3.15. The first-order valence-electron chi connectivity index (χ1n) is 1.79. The van der Waals surface area contributed by atoms with Gasteiger partial charge in [0.15, 0.2) is 0 Å². The fourth-order valence-corrected chi connectivity index (χ4v) is 0.226. The van der Waals surface area contributed by atoms with Crippen LogP contribution in [0.1, 0.15) is 0 Å². The summed E-state index contributed by atoms with van der Waals surface area (Å²) in [5.41, 5.74) is 4.78. The molecule has 0 bridgehead atoms. The first-order chi connectivity index (χ1) is 3.68. The van der Waals surface area contributed by atoms with Gasteiger partial charge >= 0.3 is 5.97 Å². The van der Waals surface area contributed by atoms with E-state index in [0.29, 0.717) is 0 Å². The van der Waals surface area contributed by atoms with Crippen molar-refractivity contribution in [1.29, 1.82) is 0 Å². The van der Waals surface area contributed by atoms with Crippen LogP contribution in [0.3, 0.4) is 0 Å². The molecule has 1 unspecified atom stereocenters. The van der Waals surface area contributed by atoms with E-state index in [4.69, 9.17) is 5.73 Å². The lowest BCUT2D eigenvalue weighted by Gasteiger charge is -1.96. The molecule has 0 aromatic rings. The van der Waals surface area contributed by atoms with Gasteiger partial charge in [-0.25, -0.2) is 4.79 Å². The summed E-state index contributed by atoms with van der Waals surface area (Å²) < 4.78 is 0. The van der Waals surface area contributed by atoms with Crippen molar-refractivity contribution in [3.8, 4) is 0 Å². The average Bonchev–Trinajstić information content (AvgIpc) is 1.67. The van der Waals surface area contributed by atoms with Crippen molar-refractivity contribution in [2.45, 2.75) is 0 Å². The Morgan fingerprint density at radius 1 is 1.88 bits per heavy atom. The van der Waals surface area contributed by atoms with E-state index >= 15 is 0 Å². The highest BCUT2D eigenvalue weighted by atomic mass is 31.0. The van der Waals surface area contributed by atoms with Gasteiger partial charge in [0.1, 0.15) is 5.70 Å². The van der Waals surface area contributed by atoms with Crippen LogP contribution < -0.4 is 11.0 Å². The highest BCUT2D eigenvalue weighted by Crippen LogP contribution is 1.81. The second-order valence-electron chi connectivity index (χ2n) is 1.03. The van der Waals surface area contributed by atoms with Crippen LogP contribution in [-0.2, 0) is 9.63 Å².